The van der Waals surface area contributed by atoms with Crippen LogP contribution >= 0.6 is 0 Å². The summed E-state index contributed by atoms with van der Waals surface area (Å²) in [4.78, 5) is 1.71. The number of aromatic nitrogens is 3. The van der Waals surface area contributed by atoms with Crippen LogP contribution in [0.4, 0.5) is 0 Å². The Labute approximate surface area is 141 Å². The first-order valence-electron chi connectivity index (χ1n) is 7.96. The summed E-state index contributed by atoms with van der Waals surface area (Å²) in [6, 6.07) is 28.6. The Bertz CT molecular complexity index is 883. The van der Waals surface area contributed by atoms with E-state index in [9.17, 15) is 0 Å². The number of hydrogen-bond acceptors (Lipinski definition) is 2. The molecule has 3 heteroatoms. The molecule has 0 bridgehead atoms. The van der Waals surface area contributed by atoms with Gasteiger partial charge in [-0.25, -0.2) is 0 Å². The van der Waals surface area contributed by atoms with E-state index in [1.54, 1.807) is 4.80 Å². The van der Waals surface area contributed by atoms with E-state index >= 15 is 0 Å². The quantitative estimate of drug-likeness (QED) is 0.538. The third-order valence-electron chi connectivity index (χ3n) is 3.97. The van der Waals surface area contributed by atoms with Gasteiger partial charge in [-0.05, 0) is 19.1 Å². The van der Waals surface area contributed by atoms with E-state index in [0.717, 1.165) is 28.2 Å². The molecule has 0 fully saturated rings. The van der Waals surface area contributed by atoms with Gasteiger partial charge in [0, 0.05) is 11.1 Å². The van der Waals surface area contributed by atoms with Crippen LogP contribution in [0.5, 0.6) is 0 Å². The molecule has 4 aromatic rings. The second-order valence-corrected chi connectivity index (χ2v) is 5.75. The van der Waals surface area contributed by atoms with E-state index in [0.29, 0.717) is 0 Å². The Morgan fingerprint density at radius 2 is 1.04 bits per heavy atom. The van der Waals surface area contributed by atoms with Gasteiger partial charge in [0.05, 0.1) is 5.69 Å². The Morgan fingerprint density at radius 3 is 1.50 bits per heavy atom. The molecule has 0 spiro atoms. The van der Waals surface area contributed by atoms with Gasteiger partial charge in [-0.3, -0.25) is 0 Å². The fraction of sp³-hybridized carbons (Fsp3) is 0.0476. The molecule has 0 unspecified atom stereocenters. The molecule has 0 aliphatic heterocycles. The zero-order valence-corrected chi connectivity index (χ0v) is 13.4. The number of hydrogen-bond donors (Lipinski definition) is 0. The van der Waals surface area contributed by atoms with Gasteiger partial charge >= 0.3 is 0 Å². The van der Waals surface area contributed by atoms with Crippen LogP contribution < -0.4 is 0 Å². The maximum absolute atomic E-state index is 4.76. The second-order valence-electron chi connectivity index (χ2n) is 5.75. The lowest BCUT2D eigenvalue weighted by Crippen LogP contribution is -1.98. The molecule has 3 nitrogen and oxygen atoms in total. The van der Waals surface area contributed by atoms with Crippen LogP contribution in [0.25, 0.3) is 28.2 Å². The molecule has 0 amide bonds. The molecule has 0 aliphatic rings. The molecule has 116 valence electrons. The molecule has 4 rings (SSSR count). The van der Waals surface area contributed by atoms with Crippen molar-refractivity contribution in [2.24, 2.45) is 0 Å². The maximum Gasteiger partial charge on any atom is 0.121 e. The molecule has 3 aromatic carbocycles. The van der Waals surface area contributed by atoms with Crippen molar-refractivity contribution in [1.82, 2.24) is 15.0 Å². The number of aryl methyl sites for hydroxylation is 1. The van der Waals surface area contributed by atoms with Crippen molar-refractivity contribution in [3.8, 4) is 28.2 Å². The lowest BCUT2D eigenvalue weighted by Gasteiger charge is -2.00. The summed E-state index contributed by atoms with van der Waals surface area (Å²) in [5.74, 6) is 0. The van der Waals surface area contributed by atoms with Crippen LogP contribution in [0.3, 0.4) is 0 Å². The van der Waals surface area contributed by atoms with Gasteiger partial charge in [0.1, 0.15) is 11.4 Å². The summed E-state index contributed by atoms with van der Waals surface area (Å²) < 4.78 is 0. The summed E-state index contributed by atoms with van der Waals surface area (Å²) in [6.07, 6.45) is 0. The first kappa shape index (κ1) is 14.4. The lowest BCUT2D eigenvalue weighted by atomic mass is 10.1. The number of benzene rings is 3. The molecule has 0 radical (unpaired) electrons. The highest BCUT2D eigenvalue weighted by Gasteiger charge is 2.15. The minimum Gasteiger partial charge on any atom is -0.150 e. The minimum atomic E-state index is 0.891. The van der Waals surface area contributed by atoms with Crippen LogP contribution in [-0.2, 0) is 0 Å². The molecule has 0 N–H and O–H groups in total. The molecule has 1 heterocycles. The van der Waals surface area contributed by atoms with E-state index in [1.165, 1.54) is 5.56 Å². The van der Waals surface area contributed by atoms with E-state index in [-0.39, 0.29) is 0 Å². The molecule has 0 atom stereocenters. The molecule has 24 heavy (non-hydrogen) atoms. The molecular weight excluding hydrogens is 294 g/mol. The molecule has 1 aromatic heterocycles. The Balaban J connectivity index is 1.89. The Morgan fingerprint density at radius 1 is 0.583 bits per heavy atom. The smallest absolute Gasteiger partial charge is 0.121 e. The van der Waals surface area contributed by atoms with Crippen LogP contribution in [0.2, 0.25) is 0 Å². The standard InChI is InChI=1S/C21H17N3/c1-16-12-14-19(15-13-16)24-22-20(17-8-4-2-5-9-17)21(23-24)18-10-6-3-7-11-18/h2-15H,1H3. The first-order valence-corrected chi connectivity index (χ1v) is 7.96. The summed E-state index contributed by atoms with van der Waals surface area (Å²) >= 11 is 0. The van der Waals surface area contributed by atoms with Gasteiger partial charge in [-0.1, -0.05) is 78.4 Å². The third-order valence-corrected chi connectivity index (χ3v) is 3.97. The Kier molecular flexibility index (Phi) is 3.67. The fourth-order valence-electron chi connectivity index (χ4n) is 2.68. The van der Waals surface area contributed by atoms with Crippen molar-refractivity contribution >= 4 is 0 Å². The van der Waals surface area contributed by atoms with Crippen LogP contribution in [-0.4, -0.2) is 15.0 Å². The SMILES string of the molecule is Cc1ccc(-n2nc(-c3ccccc3)c(-c3ccccc3)n2)cc1. The average molecular weight is 311 g/mol. The predicted octanol–water partition coefficient (Wildman–Crippen LogP) is 4.91. The topological polar surface area (TPSA) is 30.7 Å². The zero-order valence-electron chi connectivity index (χ0n) is 13.4. The van der Waals surface area contributed by atoms with Crippen LogP contribution in [0.15, 0.2) is 84.9 Å². The summed E-state index contributed by atoms with van der Waals surface area (Å²) in [7, 11) is 0. The van der Waals surface area contributed by atoms with Crippen molar-refractivity contribution in [1.29, 1.82) is 0 Å². The van der Waals surface area contributed by atoms with E-state index in [1.807, 2.05) is 48.5 Å². The highest BCUT2D eigenvalue weighted by molar-refractivity contribution is 5.77. The first-order chi connectivity index (χ1) is 11.8. The van der Waals surface area contributed by atoms with E-state index in [2.05, 4.69) is 43.3 Å². The van der Waals surface area contributed by atoms with Crippen molar-refractivity contribution in [2.75, 3.05) is 0 Å². The van der Waals surface area contributed by atoms with Gasteiger partial charge in [0.25, 0.3) is 0 Å². The van der Waals surface area contributed by atoms with Crippen LogP contribution in [0, 0.1) is 6.92 Å². The van der Waals surface area contributed by atoms with Gasteiger partial charge in [-0.15, -0.1) is 10.2 Å². The highest BCUT2D eigenvalue weighted by atomic mass is 15.5. The van der Waals surface area contributed by atoms with Crippen molar-refractivity contribution in [3.05, 3.63) is 90.5 Å². The van der Waals surface area contributed by atoms with Gasteiger partial charge in [0.2, 0.25) is 0 Å². The second kappa shape index (κ2) is 6.13. The van der Waals surface area contributed by atoms with Gasteiger partial charge < -0.3 is 0 Å². The number of rotatable bonds is 3. The van der Waals surface area contributed by atoms with Gasteiger partial charge in [-0.2, -0.15) is 4.80 Å². The fourth-order valence-corrected chi connectivity index (χ4v) is 2.68. The molecular formula is C21H17N3. The third kappa shape index (κ3) is 2.72. The summed E-state index contributed by atoms with van der Waals surface area (Å²) in [6.45, 7) is 2.07. The number of nitrogens with zero attached hydrogens (tertiary/aromatic N) is 3. The predicted molar refractivity (Wildman–Crippen MR) is 97.0 cm³/mol. The zero-order chi connectivity index (χ0) is 16.4. The largest absolute Gasteiger partial charge is 0.150 e. The van der Waals surface area contributed by atoms with Crippen molar-refractivity contribution in [2.45, 2.75) is 6.92 Å². The van der Waals surface area contributed by atoms with Crippen molar-refractivity contribution < 1.29 is 0 Å². The summed E-state index contributed by atoms with van der Waals surface area (Å²) in [5, 5.41) is 9.52. The minimum absolute atomic E-state index is 0.891. The summed E-state index contributed by atoms with van der Waals surface area (Å²) in [5.41, 5.74) is 6.09. The van der Waals surface area contributed by atoms with Crippen LogP contribution in [0.1, 0.15) is 5.56 Å². The molecule has 0 saturated heterocycles. The molecule has 0 saturated carbocycles. The van der Waals surface area contributed by atoms with Gasteiger partial charge in [0.15, 0.2) is 0 Å². The monoisotopic (exact) mass is 311 g/mol. The Hall–Kier alpha value is -3.20. The highest BCUT2D eigenvalue weighted by Crippen LogP contribution is 2.29. The van der Waals surface area contributed by atoms with E-state index in [4.69, 9.17) is 10.2 Å². The van der Waals surface area contributed by atoms with Crippen molar-refractivity contribution in [3.63, 3.8) is 0 Å². The maximum atomic E-state index is 4.76. The average Bonchev–Trinajstić information content (AvgIpc) is 3.09. The molecule has 0 aliphatic carbocycles. The normalized spacial score (nSPS) is 10.7. The van der Waals surface area contributed by atoms with E-state index < -0.39 is 0 Å². The lowest BCUT2D eigenvalue weighted by molar-refractivity contribution is 0.755.